The molecule has 0 bridgehead atoms. The van der Waals surface area contributed by atoms with Gasteiger partial charge in [0.25, 0.3) is 0 Å². The highest BCUT2D eigenvalue weighted by Crippen LogP contribution is 2.34. The second kappa shape index (κ2) is 6.48. The molecule has 2 heterocycles. The van der Waals surface area contributed by atoms with Crippen LogP contribution in [0.4, 0.5) is 5.82 Å². The zero-order valence-corrected chi connectivity index (χ0v) is 15.0. The van der Waals surface area contributed by atoms with Crippen LogP contribution in [0.25, 0.3) is 10.8 Å². The number of rotatable bonds is 3. The minimum atomic E-state index is -3.65. The number of aromatic nitrogens is 1. The SMILES string of the molecule is CC(N)C1CCN(S(=O)(=O)c2cccc3c(N)ncc(Cl)c23)CC1. The topological polar surface area (TPSA) is 102 Å². The molecule has 0 saturated carbocycles. The van der Waals surface area contributed by atoms with E-state index in [1.807, 2.05) is 6.92 Å². The van der Waals surface area contributed by atoms with Gasteiger partial charge in [-0.25, -0.2) is 13.4 Å². The van der Waals surface area contributed by atoms with Gasteiger partial charge < -0.3 is 11.5 Å². The summed E-state index contributed by atoms with van der Waals surface area (Å²) in [4.78, 5) is 4.17. The lowest BCUT2D eigenvalue weighted by molar-refractivity contribution is 0.251. The summed E-state index contributed by atoms with van der Waals surface area (Å²) in [6.07, 6.45) is 2.92. The number of sulfonamides is 1. The number of pyridine rings is 1. The van der Waals surface area contributed by atoms with Crippen molar-refractivity contribution in [2.75, 3.05) is 18.8 Å². The van der Waals surface area contributed by atoms with Crippen LogP contribution in [0.3, 0.4) is 0 Å². The van der Waals surface area contributed by atoms with Crippen molar-refractivity contribution < 1.29 is 8.42 Å². The molecule has 1 fully saturated rings. The number of benzene rings is 1. The number of nitrogens with two attached hydrogens (primary N) is 2. The van der Waals surface area contributed by atoms with Gasteiger partial charge in [-0.05, 0) is 31.7 Å². The number of nitrogens with zero attached hydrogens (tertiary/aromatic N) is 2. The number of fused-ring (bicyclic) bond motifs is 1. The third-order valence-electron chi connectivity index (χ3n) is 4.72. The Morgan fingerprint density at radius 1 is 1.33 bits per heavy atom. The van der Waals surface area contributed by atoms with E-state index in [9.17, 15) is 8.42 Å². The summed E-state index contributed by atoms with van der Waals surface area (Å²) in [6, 6.07) is 5.04. The first-order valence-electron chi connectivity index (χ1n) is 7.91. The fourth-order valence-corrected chi connectivity index (χ4v) is 5.25. The van der Waals surface area contributed by atoms with Crippen LogP contribution in [0.2, 0.25) is 5.02 Å². The molecule has 0 spiro atoms. The number of hydrogen-bond donors (Lipinski definition) is 2. The first kappa shape index (κ1) is 17.4. The Labute approximate surface area is 146 Å². The van der Waals surface area contributed by atoms with Gasteiger partial charge in [-0.3, -0.25) is 0 Å². The lowest BCUT2D eigenvalue weighted by Crippen LogP contribution is -2.42. The first-order chi connectivity index (χ1) is 11.3. The Morgan fingerprint density at radius 2 is 2.00 bits per heavy atom. The van der Waals surface area contributed by atoms with Gasteiger partial charge in [-0.15, -0.1) is 0 Å². The van der Waals surface area contributed by atoms with Crippen LogP contribution in [-0.2, 0) is 10.0 Å². The van der Waals surface area contributed by atoms with Crippen LogP contribution >= 0.6 is 11.6 Å². The molecule has 6 nitrogen and oxygen atoms in total. The minimum Gasteiger partial charge on any atom is -0.383 e. The van der Waals surface area contributed by atoms with Crippen LogP contribution in [-0.4, -0.2) is 36.8 Å². The zero-order valence-electron chi connectivity index (χ0n) is 13.4. The molecule has 3 rings (SSSR count). The molecule has 0 amide bonds. The maximum absolute atomic E-state index is 13.1. The molecule has 4 N–H and O–H groups in total. The van der Waals surface area contributed by atoms with Gasteiger partial charge >= 0.3 is 0 Å². The Morgan fingerprint density at radius 3 is 2.62 bits per heavy atom. The summed E-state index contributed by atoms with van der Waals surface area (Å²) in [7, 11) is -3.65. The quantitative estimate of drug-likeness (QED) is 0.864. The van der Waals surface area contributed by atoms with Crippen molar-refractivity contribution in [1.82, 2.24) is 9.29 Å². The van der Waals surface area contributed by atoms with E-state index in [1.165, 1.54) is 10.5 Å². The largest absolute Gasteiger partial charge is 0.383 e. The van der Waals surface area contributed by atoms with Gasteiger partial charge in [-0.1, -0.05) is 23.7 Å². The predicted octanol–water partition coefficient (Wildman–Crippen LogP) is 2.22. The van der Waals surface area contributed by atoms with Gasteiger partial charge in [0.2, 0.25) is 10.0 Å². The van der Waals surface area contributed by atoms with E-state index in [2.05, 4.69) is 4.98 Å². The van der Waals surface area contributed by atoms with Crippen molar-refractivity contribution in [3.05, 3.63) is 29.4 Å². The van der Waals surface area contributed by atoms with E-state index >= 15 is 0 Å². The molecule has 0 aliphatic carbocycles. The molecule has 1 aromatic heterocycles. The van der Waals surface area contributed by atoms with E-state index in [0.717, 1.165) is 12.8 Å². The lowest BCUT2D eigenvalue weighted by atomic mass is 9.92. The summed E-state index contributed by atoms with van der Waals surface area (Å²) in [5, 5.41) is 1.26. The summed E-state index contributed by atoms with van der Waals surface area (Å²) >= 11 is 6.23. The zero-order chi connectivity index (χ0) is 17.5. The predicted molar refractivity (Wildman–Crippen MR) is 96.3 cm³/mol. The van der Waals surface area contributed by atoms with Crippen LogP contribution < -0.4 is 11.5 Å². The van der Waals surface area contributed by atoms with Crippen LogP contribution in [0.15, 0.2) is 29.3 Å². The third kappa shape index (κ3) is 2.97. The van der Waals surface area contributed by atoms with E-state index in [1.54, 1.807) is 18.2 Å². The molecule has 8 heteroatoms. The fourth-order valence-electron chi connectivity index (χ4n) is 3.25. The summed E-state index contributed by atoms with van der Waals surface area (Å²) in [5.41, 5.74) is 11.8. The Kier molecular flexibility index (Phi) is 4.70. The van der Waals surface area contributed by atoms with Crippen LogP contribution in [0.1, 0.15) is 19.8 Å². The molecule has 1 unspecified atom stereocenters. The molecular weight excluding hydrogens is 348 g/mol. The minimum absolute atomic E-state index is 0.0766. The van der Waals surface area contributed by atoms with E-state index < -0.39 is 10.0 Å². The lowest BCUT2D eigenvalue weighted by Gasteiger charge is -2.33. The molecule has 1 aliphatic heterocycles. The summed E-state index contributed by atoms with van der Waals surface area (Å²) in [6.45, 7) is 2.89. The molecular formula is C16H21ClN4O2S. The van der Waals surface area contributed by atoms with Crippen molar-refractivity contribution in [2.45, 2.75) is 30.7 Å². The first-order valence-corrected chi connectivity index (χ1v) is 9.72. The Bertz CT molecular complexity index is 862. The van der Waals surface area contributed by atoms with Crippen molar-refractivity contribution in [2.24, 2.45) is 11.7 Å². The number of nitrogen functional groups attached to an aromatic ring is 1. The fraction of sp³-hybridized carbons (Fsp3) is 0.438. The van der Waals surface area contributed by atoms with Gasteiger partial charge in [0.1, 0.15) is 5.82 Å². The van der Waals surface area contributed by atoms with Crippen LogP contribution in [0.5, 0.6) is 0 Å². The molecule has 1 aromatic carbocycles. The number of anilines is 1. The smallest absolute Gasteiger partial charge is 0.243 e. The van der Waals surface area contributed by atoms with Crippen LogP contribution in [0, 0.1) is 5.92 Å². The van der Waals surface area contributed by atoms with E-state index in [0.29, 0.717) is 29.8 Å². The van der Waals surface area contributed by atoms with Crippen molar-refractivity contribution in [3.63, 3.8) is 0 Å². The Hall–Kier alpha value is -1.41. The Balaban J connectivity index is 2.03. The van der Waals surface area contributed by atoms with Crippen molar-refractivity contribution in [3.8, 4) is 0 Å². The molecule has 1 aliphatic rings. The summed E-state index contributed by atoms with van der Waals surface area (Å²) < 4.78 is 27.7. The number of halogens is 1. The molecule has 1 saturated heterocycles. The highest BCUT2D eigenvalue weighted by atomic mass is 35.5. The van der Waals surface area contributed by atoms with Crippen molar-refractivity contribution in [1.29, 1.82) is 0 Å². The molecule has 2 aromatic rings. The standard InChI is InChI=1S/C16H21ClN4O2S/c1-10(18)11-5-7-21(8-6-11)24(22,23)14-4-2-3-12-15(14)13(17)9-20-16(12)19/h2-4,9-11H,5-8,18H2,1H3,(H2,19,20). The molecule has 1 atom stereocenters. The molecule has 0 radical (unpaired) electrons. The number of piperidine rings is 1. The van der Waals surface area contributed by atoms with E-state index in [-0.39, 0.29) is 21.8 Å². The van der Waals surface area contributed by atoms with E-state index in [4.69, 9.17) is 23.1 Å². The third-order valence-corrected chi connectivity index (χ3v) is 6.95. The average molecular weight is 369 g/mol. The van der Waals surface area contributed by atoms with Crippen molar-refractivity contribution >= 4 is 38.2 Å². The number of hydrogen-bond acceptors (Lipinski definition) is 5. The maximum Gasteiger partial charge on any atom is 0.243 e. The summed E-state index contributed by atoms with van der Waals surface area (Å²) in [5.74, 6) is 0.620. The maximum atomic E-state index is 13.1. The van der Waals surface area contributed by atoms with Gasteiger partial charge in [0.15, 0.2) is 0 Å². The highest BCUT2D eigenvalue weighted by Gasteiger charge is 2.32. The molecule has 24 heavy (non-hydrogen) atoms. The second-order valence-electron chi connectivity index (χ2n) is 6.27. The monoisotopic (exact) mass is 368 g/mol. The normalized spacial score (nSPS) is 18.8. The van der Waals surface area contributed by atoms with Gasteiger partial charge in [0, 0.05) is 36.1 Å². The second-order valence-corrected chi connectivity index (χ2v) is 8.58. The van der Waals surface area contributed by atoms with Gasteiger partial charge in [-0.2, -0.15) is 4.31 Å². The van der Waals surface area contributed by atoms with Gasteiger partial charge in [0.05, 0.1) is 9.92 Å². The molecule has 130 valence electrons. The average Bonchev–Trinajstić information content (AvgIpc) is 2.58. The highest BCUT2D eigenvalue weighted by molar-refractivity contribution is 7.89.